The summed E-state index contributed by atoms with van der Waals surface area (Å²) in [5, 5.41) is 8.69. The number of nitrogens with two attached hydrogens (primary N) is 1. The highest BCUT2D eigenvalue weighted by atomic mass is 16.4. The Hall–Kier alpha value is -0.570. The van der Waals surface area contributed by atoms with Gasteiger partial charge in [-0.3, -0.25) is 4.79 Å². The Morgan fingerprint density at radius 1 is 1.73 bits per heavy atom. The molecule has 0 bridgehead atoms. The molecule has 11 heavy (non-hydrogen) atoms. The fraction of sp³-hybridized carbons (Fsp3) is 0.875. The molecule has 0 saturated carbocycles. The van der Waals surface area contributed by atoms with Gasteiger partial charge in [0.15, 0.2) is 0 Å². The average molecular weight is 163 g/mol. The fourth-order valence-corrected chi connectivity index (χ4v) is 0.789. The predicted molar refractivity (Wildman–Crippen MR) is 44.3 cm³/mol. The summed E-state index contributed by atoms with van der Waals surface area (Å²) in [6.45, 7) is 1.18. The zero-order valence-corrected chi connectivity index (χ0v) is 6.79. The highest BCUT2D eigenvalue weighted by Crippen LogP contribution is 2.13. The third kappa shape index (κ3) is 5.85. The van der Waals surface area contributed by atoms with Crippen LogP contribution in [0.1, 0.15) is 32.1 Å². The van der Waals surface area contributed by atoms with Crippen LogP contribution in [0.15, 0.2) is 0 Å². The molecule has 3 nitrogen and oxygen atoms in total. The van der Waals surface area contributed by atoms with Crippen molar-refractivity contribution in [3.63, 3.8) is 0 Å². The van der Waals surface area contributed by atoms with Gasteiger partial charge in [0.25, 0.3) is 0 Å². The molecule has 0 aliphatic rings. The molecule has 0 radical (unpaired) electrons. The molecule has 0 amide bonds. The molecule has 66 valence electrons. The number of carboxylic acids is 1. The molecule has 0 aromatic heterocycles. The molecular formula is C8H17NO2. The Kier molecular flexibility index (Phi) is 2.40. The molecule has 0 heterocycles. The van der Waals surface area contributed by atoms with Crippen LogP contribution in [0.25, 0.3) is 0 Å². The fourth-order valence-electron chi connectivity index (χ4n) is 0.789. The lowest BCUT2D eigenvalue weighted by Gasteiger charge is -2.13. The van der Waals surface area contributed by atoms with E-state index >= 15 is 0 Å². The molecule has 0 aliphatic carbocycles. The molecular weight excluding hydrogens is 142 g/mol. The van der Waals surface area contributed by atoms with Gasteiger partial charge in [-0.15, -0.1) is 0 Å². The summed E-state index contributed by atoms with van der Waals surface area (Å²) in [5.41, 5.74) is 5.18. The summed E-state index contributed by atoms with van der Waals surface area (Å²) in [4.78, 5) is 10.7. The molecule has 0 rings (SSSR count). The summed E-state index contributed by atoms with van der Waals surface area (Å²) in [5.74, 6) is -3.06. The third-order valence-corrected chi connectivity index (χ3v) is 1.21. The zero-order chi connectivity index (χ0) is 12.4. The average Bonchev–Trinajstić information content (AvgIpc) is 1.97. The van der Waals surface area contributed by atoms with E-state index in [1.165, 1.54) is 0 Å². The summed E-state index contributed by atoms with van der Waals surface area (Å²) in [6.07, 6.45) is -2.56. The molecule has 0 spiro atoms. The Bertz CT molecular complexity index is 237. The van der Waals surface area contributed by atoms with Crippen LogP contribution in [0.2, 0.25) is 0 Å². The van der Waals surface area contributed by atoms with Crippen molar-refractivity contribution in [2.24, 2.45) is 17.6 Å². The lowest BCUT2D eigenvalue weighted by molar-refractivity contribution is -0.138. The highest BCUT2D eigenvalue weighted by molar-refractivity contribution is 5.67. The molecule has 3 N–H and O–H groups in total. The molecule has 3 heteroatoms. The van der Waals surface area contributed by atoms with E-state index in [0.717, 1.165) is 0 Å². The second-order valence-electron chi connectivity index (χ2n) is 2.80. The topological polar surface area (TPSA) is 63.3 Å². The van der Waals surface area contributed by atoms with E-state index in [1.54, 1.807) is 13.8 Å². The Morgan fingerprint density at radius 2 is 2.27 bits per heavy atom. The SMILES string of the molecule is [2H]C([2H])(N)[C@@H](CC(C)C)C([2H])([2H])C(=O)O. The van der Waals surface area contributed by atoms with E-state index < -0.39 is 24.8 Å². The second kappa shape index (κ2) is 5.13. The number of hydrogen-bond acceptors (Lipinski definition) is 2. The molecule has 0 fully saturated rings. The first-order valence-electron chi connectivity index (χ1n) is 5.51. The van der Waals surface area contributed by atoms with E-state index in [-0.39, 0.29) is 12.3 Å². The van der Waals surface area contributed by atoms with Crippen LogP contribution in [0, 0.1) is 11.8 Å². The van der Waals surface area contributed by atoms with Gasteiger partial charge in [-0.25, -0.2) is 0 Å². The van der Waals surface area contributed by atoms with Crippen molar-refractivity contribution in [3.05, 3.63) is 0 Å². The van der Waals surface area contributed by atoms with Crippen LogP contribution in [-0.4, -0.2) is 17.6 Å². The monoisotopic (exact) mass is 163 g/mol. The smallest absolute Gasteiger partial charge is 0.303 e. The quantitative estimate of drug-likeness (QED) is 0.637. The van der Waals surface area contributed by atoms with E-state index in [9.17, 15) is 4.79 Å². The summed E-state index contributed by atoms with van der Waals surface area (Å²) >= 11 is 0. The summed E-state index contributed by atoms with van der Waals surface area (Å²) in [7, 11) is 0. The molecule has 0 aromatic carbocycles. The van der Waals surface area contributed by atoms with Gasteiger partial charge < -0.3 is 10.8 Å². The lowest BCUT2D eigenvalue weighted by Crippen LogP contribution is -2.19. The van der Waals surface area contributed by atoms with Crippen LogP contribution in [-0.2, 0) is 4.79 Å². The molecule has 0 unspecified atom stereocenters. The van der Waals surface area contributed by atoms with Crippen LogP contribution in [0.4, 0.5) is 0 Å². The predicted octanol–water partition coefficient (Wildman–Crippen LogP) is 1.08. The first kappa shape index (κ1) is 5.14. The summed E-state index contributed by atoms with van der Waals surface area (Å²) in [6, 6.07) is 0. The minimum Gasteiger partial charge on any atom is -0.481 e. The number of carboxylic acid groups (broad SMARTS) is 1. The van der Waals surface area contributed by atoms with Crippen LogP contribution >= 0.6 is 0 Å². The number of aliphatic carboxylic acids is 1. The van der Waals surface area contributed by atoms with E-state index in [4.69, 9.17) is 16.3 Å². The second-order valence-corrected chi connectivity index (χ2v) is 2.80. The lowest BCUT2D eigenvalue weighted by atomic mass is 9.94. The van der Waals surface area contributed by atoms with Gasteiger partial charge in [0.2, 0.25) is 0 Å². The van der Waals surface area contributed by atoms with Gasteiger partial charge in [-0.1, -0.05) is 13.8 Å². The number of rotatable bonds is 5. The first-order valence-corrected chi connectivity index (χ1v) is 3.51. The van der Waals surface area contributed by atoms with Crippen molar-refractivity contribution in [1.29, 1.82) is 0 Å². The molecule has 1 atom stereocenters. The third-order valence-electron chi connectivity index (χ3n) is 1.21. The number of hydrogen-bond donors (Lipinski definition) is 2. The van der Waals surface area contributed by atoms with Gasteiger partial charge in [0.1, 0.15) is 0 Å². The number of carbonyl (C=O) groups is 1. The van der Waals surface area contributed by atoms with Crippen LogP contribution in [0.3, 0.4) is 0 Å². The van der Waals surface area contributed by atoms with Gasteiger partial charge >= 0.3 is 5.97 Å². The van der Waals surface area contributed by atoms with Crippen LogP contribution < -0.4 is 5.73 Å². The first-order chi connectivity index (χ1) is 6.49. The van der Waals surface area contributed by atoms with Crippen molar-refractivity contribution in [1.82, 2.24) is 0 Å². The maximum absolute atomic E-state index is 10.7. The van der Waals surface area contributed by atoms with Crippen LogP contribution in [0.5, 0.6) is 0 Å². The van der Waals surface area contributed by atoms with Crippen molar-refractivity contribution < 1.29 is 15.4 Å². The normalized spacial score (nSPS) is 21.5. The molecule has 0 aliphatic heterocycles. The van der Waals surface area contributed by atoms with Crippen molar-refractivity contribution in [2.75, 3.05) is 6.50 Å². The van der Waals surface area contributed by atoms with E-state index in [2.05, 4.69) is 0 Å². The minimum atomic E-state index is -2.65. The highest BCUT2D eigenvalue weighted by Gasteiger charge is 2.12. The molecule has 0 saturated heterocycles. The van der Waals surface area contributed by atoms with Gasteiger partial charge in [-0.05, 0) is 24.8 Å². The van der Waals surface area contributed by atoms with Gasteiger partial charge in [0, 0.05) is 11.9 Å². The minimum absolute atomic E-state index is 0.0250. The Labute approximate surface area is 73.2 Å². The molecule has 0 aromatic rings. The van der Waals surface area contributed by atoms with Crippen molar-refractivity contribution in [3.8, 4) is 0 Å². The van der Waals surface area contributed by atoms with E-state index in [0.29, 0.717) is 0 Å². The van der Waals surface area contributed by atoms with Crippen molar-refractivity contribution >= 4 is 5.97 Å². The largest absolute Gasteiger partial charge is 0.481 e. The maximum Gasteiger partial charge on any atom is 0.303 e. The maximum atomic E-state index is 10.7. The zero-order valence-electron chi connectivity index (χ0n) is 10.8. The van der Waals surface area contributed by atoms with E-state index in [1.807, 2.05) is 0 Å². The summed E-state index contributed by atoms with van der Waals surface area (Å²) < 4.78 is 29.2. The standard InChI is InChI=1S/C8H17NO2/c1-6(2)3-7(5-9)4-8(10)11/h6-7H,3-5,9H2,1-2H3,(H,10,11)/t7-/m0/s1/i4D2,5D2. The van der Waals surface area contributed by atoms with Gasteiger partial charge in [-0.2, -0.15) is 0 Å². The van der Waals surface area contributed by atoms with Crippen molar-refractivity contribution in [2.45, 2.75) is 26.6 Å². The Morgan fingerprint density at radius 3 is 2.55 bits per heavy atom. The Balaban J connectivity index is 5.03. The van der Waals surface area contributed by atoms with Gasteiger partial charge in [0.05, 0.1) is 0 Å².